The Hall–Kier alpha value is -1.16. The molecule has 0 aromatic heterocycles. The lowest BCUT2D eigenvalue weighted by molar-refractivity contribution is -0.120. The minimum atomic E-state index is -0.0479. The molecule has 17 heavy (non-hydrogen) atoms. The maximum atomic E-state index is 11.8. The van der Waals surface area contributed by atoms with Crippen LogP contribution in [0.5, 0.6) is 5.75 Å². The highest BCUT2D eigenvalue weighted by Crippen LogP contribution is 2.24. The number of amides is 1. The molecule has 0 radical (unpaired) electrons. The first kappa shape index (κ1) is 13.9. The Labute approximate surface area is 107 Å². The lowest BCUT2D eigenvalue weighted by Crippen LogP contribution is -2.33. The number of hydrogen-bond acceptors (Lipinski definition) is 3. The molecule has 0 spiro atoms. The summed E-state index contributed by atoms with van der Waals surface area (Å²) in [6, 6.07) is 7.68. The molecule has 0 aliphatic carbocycles. The highest BCUT2D eigenvalue weighted by atomic mass is 32.2. The molecular formula is C13H19NO2S. The summed E-state index contributed by atoms with van der Waals surface area (Å²) in [5.74, 6) is 0.855. The van der Waals surface area contributed by atoms with E-state index in [0.717, 1.165) is 11.3 Å². The fourth-order valence-electron chi connectivity index (χ4n) is 1.54. The third-order valence-corrected chi connectivity index (χ3v) is 3.61. The van der Waals surface area contributed by atoms with E-state index >= 15 is 0 Å². The highest BCUT2D eigenvalue weighted by molar-refractivity contribution is 7.99. The average molecular weight is 253 g/mol. The maximum absolute atomic E-state index is 11.8. The summed E-state index contributed by atoms with van der Waals surface area (Å²) in [5.41, 5.74) is 0.997. The van der Waals surface area contributed by atoms with Gasteiger partial charge >= 0.3 is 0 Å². The van der Waals surface area contributed by atoms with E-state index in [0.29, 0.717) is 0 Å². The molecule has 94 valence electrons. The zero-order chi connectivity index (χ0) is 12.8. The number of benzene rings is 1. The van der Waals surface area contributed by atoms with Crippen molar-refractivity contribution in [3.63, 3.8) is 0 Å². The molecule has 0 heterocycles. The molecule has 1 aromatic rings. The monoisotopic (exact) mass is 253 g/mol. The van der Waals surface area contributed by atoms with E-state index in [1.807, 2.05) is 44.4 Å². The van der Waals surface area contributed by atoms with Gasteiger partial charge in [0, 0.05) is 5.56 Å². The summed E-state index contributed by atoms with van der Waals surface area (Å²) in [6.07, 6.45) is 1.93. The van der Waals surface area contributed by atoms with Crippen LogP contribution in [-0.4, -0.2) is 24.5 Å². The van der Waals surface area contributed by atoms with Crippen molar-refractivity contribution in [2.45, 2.75) is 25.1 Å². The predicted octanol–water partition coefficient (Wildman–Crippen LogP) is 2.62. The van der Waals surface area contributed by atoms with Gasteiger partial charge in [0.05, 0.1) is 18.4 Å². The van der Waals surface area contributed by atoms with E-state index in [-0.39, 0.29) is 17.2 Å². The van der Waals surface area contributed by atoms with Crippen molar-refractivity contribution in [1.82, 2.24) is 5.32 Å². The first-order valence-electron chi connectivity index (χ1n) is 5.56. The molecule has 0 saturated carbocycles. The molecule has 0 aliphatic heterocycles. The number of methoxy groups -OCH3 is 1. The second kappa shape index (κ2) is 6.55. The molecule has 1 aromatic carbocycles. The Bertz CT molecular complexity index is 381. The van der Waals surface area contributed by atoms with E-state index in [1.54, 1.807) is 7.11 Å². The number of thioether (sulfide) groups is 1. The van der Waals surface area contributed by atoms with Crippen LogP contribution in [0.2, 0.25) is 0 Å². The molecular weight excluding hydrogens is 234 g/mol. The summed E-state index contributed by atoms with van der Waals surface area (Å²) in [5, 5.41) is 2.95. The van der Waals surface area contributed by atoms with Crippen molar-refractivity contribution in [2.24, 2.45) is 0 Å². The van der Waals surface area contributed by atoms with Crippen molar-refractivity contribution in [3.8, 4) is 5.75 Å². The third kappa shape index (κ3) is 3.66. The van der Waals surface area contributed by atoms with Crippen molar-refractivity contribution < 1.29 is 9.53 Å². The minimum Gasteiger partial charge on any atom is -0.496 e. The van der Waals surface area contributed by atoms with E-state index in [2.05, 4.69) is 5.32 Å². The van der Waals surface area contributed by atoms with Crippen LogP contribution < -0.4 is 10.1 Å². The van der Waals surface area contributed by atoms with Gasteiger partial charge in [0.15, 0.2) is 0 Å². The van der Waals surface area contributed by atoms with Gasteiger partial charge in [0.25, 0.3) is 0 Å². The Morgan fingerprint density at radius 3 is 2.59 bits per heavy atom. The Balaban J connectivity index is 2.76. The second-order valence-electron chi connectivity index (χ2n) is 3.85. The fraction of sp³-hybridized carbons (Fsp3) is 0.462. The van der Waals surface area contributed by atoms with E-state index < -0.39 is 0 Å². The van der Waals surface area contributed by atoms with Crippen molar-refractivity contribution >= 4 is 17.7 Å². The van der Waals surface area contributed by atoms with Gasteiger partial charge < -0.3 is 10.1 Å². The van der Waals surface area contributed by atoms with Crippen LogP contribution in [0.15, 0.2) is 24.3 Å². The summed E-state index contributed by atoms with van der Waals surface area (Å²) < 4.78 is 5.28. The van der Waals surface area contributed by atoms with Gasteiger partial charge in [0.1, 0.15) is 5.75 Å². The first-order valence-corrected chi connectivity index (χ1v) is 6.85. The van der Waals surface area contributed by atoms with Crippen LogP contribution in [0.1, 0.15) is 25.5 Å². The Morgan fingerprint density at radius 2 is 2.00 bits per heavy atom. The SMILES string of the molecule is COc1ccccc1[C@@H](C)NC(=O)[C@H](C)SC. The normalized spacial score (nSPS) is 13.9. The number of carbonyl (C=O) groups is 1. The van der Waals surface area contributed by atoms with E-state index in [4.69, 9.17) is 4.74 Å². The molecule has 3 nitrogen and oxygen atoms in total. The van der Waals surface area contributed by atoms with Gasteiger partial charge in [-0.1, -0.05) is 18.2 Å². The highest BCUT2D eigenvalue weighted by Gasteiger charge is 2.17. The van der Waals surface area contributed by atoms with Gasteiger partial charge in [0.2, 0.25) is 5.91 Å². The Morgan fingerprint density at radius 1 is 1.35 bits per heavy atom. The molecule has 0 unspecified atom stereocenters. The third-order valence-electron chi connectivity index (χ3n) is 2.69. The quantitative estimate of drug-likeness (QED) is 0.876. The molecule has 2 atom stereocenters. The van der Waals surface area contributed by atoms with Crippen molar-refractivity contribution in [1.29, 1.82) is 0 Å². The number of rotatable bonds is 5. The predicted molar refractivity (Wildman–Crippen MR) is 72.5 cm³/mol. The summed E-state index contributed by atoms with van der Waals surface area (Å²) in [6.45, 7) is 3.86. The number of para-hydroxylation sites is 1. The number of nitrogens with one attached hydrogen (secondary N) is 1. The smallest absolute Gasteiger partial charge is 0.233 e. The van der Waals surface area contributed by atoms with E-state index in [1.165, 1.54) is 11.8 Å². The van der Waals surface area contributed by atoms with Crippen molar-refractivity contribution in [2.75, 3.05) is 13.4 Å². The summed E-state index contributed by atoms with van der Waals surface area (Å²) in [4.78, 5) is 11.8. The maximum Gasteiger partial charge on any atom is 0.233 e. The summed E-state index contributed by atoms with van der Waals surface area (Å²) in [7, 11) is 1.64. The van der Waals surface area contributed by atoms with Crippen LogP contribution in [0.4, 0.5) is 0 Å². The first-order chi connectivity index (χ1) is 8.10. The lowest BCUT2D eigenvalue weighted by atomic mass is 10.1. The van der Waals surface area contributed by atoms with Crippen molar-refractivity contribution in [3.05, 3.63) is 29.8 Å². The van der Waals surface area contributed by atoms with Crippen LogP contribution in [0.3, 0.4) is 0 Å². The molecule has 1 N–H and O–H groups in total. The zero-order valence-electron chi connectivity index (χ0n) is 10.7. The Kier molecular flexibility index (Phi) is 5.35. The minimum absolute atomic E-state index is 0.0350. The molecule has 1 amide bonds. The van der Waals surface area contributed by atoms with Gasteiger partial charge in [-0.25, -0.2) is 0 Å². The summed E-state index contributed by atoms with van der Waals surface area (Å²) >= 11 is 1.54. The molecule has 0 fully saturated rings. The molecule has 1 rings (SSSR count). The second-order valence-corrected chi connectivity index (χ2v) is 5.03. The van der Waals surface area contributed by atoms with Gasteiger partial charge in [-0.2, -0.15) is 11.8 Å². The zero-order valence-corrected chi connectivity index (χ0v) is 11.5. The number of carbonyl (C=O) groups excluding carboxylic acids is 1. The number of ether oxygens (including phenoxy) is 1. The molecule has 0 aliphatic rings. The number of hydrogen-bond donors (Lipinski definition) is 1. The largest absolute Gasteiger partial charge is 0.496 e. The van der Waals surface area contributed by atoms with Gasteiger partial charge in [-0.15, -0.1) is 0 Å². The average Bonchev–Trinajstić information content (AvgIpc) is 2.37. The van der Waals surface area contributed by atoms with E-state index in [9.17, 15) is 4.79 Å². The lowest BCUT2D eigenvalue weighted by Gasteiger charge is -2.19. The van der Waals surface area contributed by atoms with Gasteiger partial charge in [-0.3, -0.25) is 4.79 Å². The molecule has 0 saturated heterocycles. The topological polar surface area (TPSA) is 38.3 Å². The molecule has 0 bridgehead atoms. The molecule has 4 heteroatoms. The van der Waals surface area contributed by atoms with Gasteiger partial charge in [-0.05, 0) is 26.2 Å². The van der Waals surface area contributed by atoms with Crippen LogP contribution in [0.25, 0.3) is 0 Å². The standard InChI is InChI=1S/C13H19NO2S/c1-9(14-13(15)10(2)17-4)11-7-5-6-8-12(11)16-3/h5-10H,1-4H3,(H,14,15)/t9-,10+/m1/s1. The van der Waals surface area contributed by atoms with Crippen LogP contribution in [0, 0.1) is 0 Å². The fourth-order valence-corrected chi connectivity index (χ4v) is 1.82. The van der Waals surface area contributed by atoms with Crippen LogP contribution in [-0.2, 0) is 4.79 Å². The van der Waals surface area contributed by atoms with Crippen LogP contribution >= 0.6 is 11.8 Å².